The van der Waals surface area contributed by atoms with Crippen LogP contribution in [0.15, 0.2) is 18.2 Å². The summed E-state index contributed by atoms with van der Waals surface area (Å²) in [5, 5.41) is 0.836. The van der Waals surface area contributed by atoms with E-state index >= 15 is 0 Å². The van der Waals surface area contributed by atoms with Gasteiger partial charge in [0.2, 0.25) is 0 Å². The van der Waals surface area contributed by atoms with Crippen molar-refractivity contribution >= 4 is 17.3 Å². The molecular formula is C11H15ClN2. The Bertz CT molecular complexity index is 338. The Kier molecular flexibility index (Phi) is 2.66. The first-order valence-electron chi connectivity index (χ1n) is 4.94. The van der Waals surface area contributed by atoms with Crippen LogP contribution in [-0.2, 0) is 6.42 Å². The van der Waals surface area contributed by atoms with Crippen LogP contribution in [0.3, 0.4) is 0 Å². The van der Waals surface area contributed by atoms with Gasteiger partial charge in [0.05, 0.1) is 10.7 Å². The van der Waals surface area contributed by atoms with E-state index in [1.165, 1.54) is 5.56 Å². The van der Waals surface area contributed by atoms with Gasteiger partial charge >= 0.3 is 0 Å². The zero-order chi connectivity index (χ0) is 10.1. The number of halogens is 1. The molecule has 1 aliphatic heterocycles. The van der Waals surface area contributed by atoms with Crippen LogP contribution in [-0.4, -0.2) is 19.6 Å². The maximum Gasteiger partial charge on any atom is 0.0642 e. The summed E-state index contributed by atoms with van der Waals surface area (Å²) >= 11 is 6.18. The molecule has 1 atom stereocenters. The minimum Gasteiger partial charge on any atom is -0.369 e. The van der Waals surface area contributed by atoms with Gasteiger partial charge in [-0.05, 0) is 24.5 Å². The van der Waals surface area contributed by atoms with Crippen molar-refractivity contribution in [1.82, 2.24) is 0 Å². The molecule has 14 heavy (non-hydrogen) atoms. The number of hydrogen-bond donors (Lipinski definition) is 1. The van der Waals surface area contributed by atoms with E-state index in [0.29, 0.717) is 12.6 Å². The van der Waals surface area contributed by atoms with Gasteiger partial charge in [-0.2, -0.15) is 0 Å². The van der Waals surface area contributed by atoms with E-state index in [4.69, 9.17) is 17.3 Å². The Morgan fingerprint density at radius 3 is 3.07 bits per heavy atom. The largest absolute Gasteiger partial charge is 0.369 e. The molecule has 2 rings (SSSR count). The van der Waals surface area contributed by atoms with Gasteiger partial charge < -0.3 is 10.6 Å². The molecular weight excluding hydrogens is 196 g/mol. The first-order chi connectivity index (χ1) is 6.74. The Hall–Kier alpha value is -0.730. The molecule has 1 aromatic carbocycles. The molecule has 0 spiro atoms. The average Bonchev–Trinajstić information content (AvgIpc) is 2.18. The molecule has 0 aromatic heterocycles. The van der Waals surface area contributed by atoms with Crippen LogP contribution < -0.4 is 10.6 Å². The number of benzene rings is 1. The normalized spacial score (nSPS) is 20.8. The van der Waals surface area contributed by atoms with Crippen LogP contribution in [0.5, 0.6) is 0 Å². The fourth-order valence-electron chi connectivity index (χ4n) is 2.13. The zero-order valence-corrected chi connectivity index (χ0v) is 9.09. The van der Waals surface area contributed by atoms with Crippen molar-refractivity contribution in [2.45, 2.75) is 18.9 Å². The third-order valence-corrected chi connectivity index (χ3v) is 3.29. The zero-order valence-electron chi connectivity index (χ0n) is 8.33. The number of nitrogens with zero attached hydrogens (tertiary/aromatic N) is 1. The Morgan fingerprint density at radius 2 is 2.36 bits per heavy atom. The second kappa shape index (κ2) is 3.79. The molecule has 0 fully saturated rings. The highest BCUT2D eigenvalue weighted by molar-refractivity contribution is 6.33. The summed E-state index contributed by atoms with van der Waals surface area (Å²) in [6, 6.07) is 6.53. The minimum atomic E-state index is 0.433. The molecule has 1 aromatic rings. The van der Waals surface area contributed by atoms with Crippen molar-refractivity contribution in [3.05, 3.63) is 28.8 Å². The molecule has 2 nitrogen and oxygen atoms in total. The highest BCUT2D eigenvalue weighted by Gasteiger charge is 2.23. The van der Waals surface area contributed by atoms with Gasteiger partial charge in [-0.25, -0.2) is 0 Å². The summed E-state index contributed by atoms with van der Waals surface area (Å²) < 4.78 is 0. The molecule has 0 saturated carbocycles. The van der Waals surface area contributed by atoms with Crippen molar-refractivity contribution in [2.75, 3.05) is 18.5 Å². The van der Waals surface area contributed by atoms with Crippen molar-refractivity contribution in [3.63, 3.8) is 0 Å². The lowest BCUT2D eigenvalue weighted by molar-refractivity contribution is 0.565. The quantitative estimate of drug-likeness (QED) is 0.769. The summed E-state index contributed by atoms with van der Waals surface area (Å²) in [6.45, 7) is 0.696. The molecule has 3 heteroatoms. The van der Waals surface area contributed by atoms with Crippen LogP contribution >= 0.6 is 11.6 Å². The smallest absolute Gasteiger partial charge is 0.0642 e. The SMILES string of the molecule is CN1c2c(Cl)cccc2CCC1CN. The molecule has 2 N–H and O–H groups in total. The number of rotatable bonds is 1. The highest BCUT2D eigenvalue weighted by Crippen LogP contribution is 2.35. The fourth-order valence-corrected chi connectivity index (χ4v) is 2.46. The number of anilines is 1. The lowest BCUT2D eigenvalue weighted by Crippen LogP contribution is -2.41. The summed E-state index contributed by atoms with van der Waals surface area (Å²) in [5.74, 6) is 0. The molecule has 1 heterocycles. The predicted molar refractivity (Wildman–Crippen MR) is 61.0 cm³/mol. The van der Waals surface area contributed by atoms with Gasteiger partial charge in [0.1, 0.15) is 0 Å². The second-order valence-electron chi connectivity index (χ2n) is 3.79. The van der Waals surface area contributed by atoms with Gasteiger partial charge in [-0.15, -0.1) is 0 Å². The Labute approximate surface area is 89.7 Å². The van der Waals surface area contributed by atoms with E-state index in [9.17, 15) is 0 Å². The summed E-state index contributed by atoms with van der Waals surface area (Å²) in [5.41, 5.74) is 8.22. The molecule has 0 amide bonds. The third kappa shape index (κ3) is 1.49. The van der Waals surface area contributed by atoms with Gasteiger partial charge in [-0.3, -0.25) is 0 Å². The lowest BCUT2D eigenvalue weighted by atomic mass is 9.96. The number of hydrogen-bond acceptors (Lipinski definition) is 2. The van der Waals surface area contributed by atoms with E-state index in [1.54, 1.807) is 0 Å². The van der Waals surface area contributed by atoms with Crippen molar-refractivity contribution < 1.29 is 0 Å². The number of para-hydroxylation sites is 1. The Morgan fingerprint density at radius 1 is 1.57 bits per heavy atom. The lowest BCUT2D eigenvalue weighted by Gasteiger charge is -2.35. The fraction of sp³-hybridized carbons (Fsp3) is 0.455. The van der Waals surface area contributed by atoms with E-state index in [2.05, 4.69) is 18.0 Å². The van der Waals surface area contributed by atoms with Crippen molar-refractivity contribution in [1.29, 1.82) is 0 Å². The molecule has 0 saturated heterocycles. The highest BCUT2D eigenvalue weighted by atomic mass is 35.5. The van der Waals surface area contributed by atoms with Crippen LogP contribution in [0, 0.1) is 0 Å². The van der Waals surface area contributed by atoms with Crippen LogP contribution in [0.25, 0.3) is 0 Å². The molecule has 1 aliphatic rings. The third-order valence-electron chi connectivity index (χ3n) is 2.99. The molecule has 1 unspecified atom stereocenters. The van der Waals surface area contributed by atoms with Gasteiger partial charge in [0, 0.05) is 19.6 Å². The molecule has 0 aliphatic carbocycles. The molecule has 76 valence electrons. The average molecular weight is 211 g/mol. The first-order valence-corrected chi connectivity index (χ1v) is 5.32. The maximum absolute atomic E-state index is 6.18. The van der Waals surface area contributed by atoms with Crippen molar-refractivity contribution in [2.24, 2.45) is 5.73 Å². The number of fused-ring (bicyclic) bond motifs is 1. The summed E-state index contributed by atoms with van der Waals surface area (Å²) in [4.78, 5) is 2.21. The van der Waals surface area contributed by atoms with Crippen LogP contribution in [0.2, 0.25) is 5.02 Å². The Balaban J connectivity index is 2.43. The van der Waals surface area contributed by atoms with E-state index in [1.807, 2.05) is 12.1 Å². The first kappa shape index (κ1) is 9.81. The van der Waals surface area contributed by atoms with Crippen molar-refractivity contribution in [3.8, 4) is 0 Å². The molecule has 0 bridgehead atoms. The minimum absolute atomic E-state index is 0.433. The van der Waals surface area contributed by atoms with Crippen LogP contribution in [0.4, 0.5) is 5.69 Å². The number of nitrogens with two attached hydrogens (primary N) is 1. The number of aryl methyl sites for hydroxylation is 1. The second-order valence-corrected chi connectivity index (χ2v) is 4.19. The topological polar surface area (TPSA) is 29.3 Å². The molecule has 0 radical (unpaired) electrons. The summed E-state index contributed by atoms with van der Waals surface area (Å²) in [6.07, 6.45) is 2.21. The van der Waals surface area contributed by atoms with E-state index in [0.717, 1.165) is 23.6 Å². The predicted octanol–water partition coefficient (Wildman–Crippen LogP) is 2.05. The van der Waals surface area contributed by atoms with Gasteiger partial charge in [0.15, 0.2) is 0 Å². The number of likely N-dealkylation sites (N-methyl/N-ethyl adjacent to an activating group) is 1. The monoisotopic (exact) mass is 210 g/mol. The summed E-state index contributed by atoms with van der Waals surface area (Å²) in [7, 11) is 2.07. The standard InChI is InChI=1S/C11H15ClN2/c1-14-9(7-13)6-5-8-3-2-4-10(12)11(8)14/h2-4,9H,5-7,13H2,1H3. The van der Waals surface area contributed by atoms with Crippen LogP contribution in [0.1, 0.15) is 12.0 Å². The maximum atomic E-state index is 6.18. The van der Waals surface area contributed by atoms with Gasteiger partial charge in [0.25, 0.3) is 0 Å². The van der Waals surface area contributed by atoms with E-state index in [-0.39, 0.29) is 0 Å². The van der Waals surface area contributed by atoms with E-state index < -0.39 is 0 Å². The van der Waals surface area contributed by atoms with Gasteiger partial charge in [-0.1, -0.05) is 23.7 Å².